The minimum Gasteiger partial charge on any atom is -0.508 e. The molecule has 0 bridgehead atoms. The standard InChI is InChI=1S/C17H18N2O2/c1-17(2)15(12-8-4-3-5-9-12)18-16(19(17)21)13-10-6-7-11-14(13)20/h3-11,16,20-21H,1-2H3. The fourth-order valence-electron chi connectivity index (χ4n) is 2.68. The molecule has 0 fully saturated rings. The highest BCUT2D eigenvalue weighted by Gasteiger charge is 2.44. The Morgan fingerprint density at radius 3 is 2.29 bits per heavy atom. The van der Waals surface area contributed by atoms with E-state index in [2.05, 4.69) is 4.99 Å². The monoisotopic (exact) mass is 282 g/mol. The Morgan fingerprint density at radius 2 is 1.62 bits per heavy atom. The minimum atomic E-state index is -0.631. The first-order chi connectivity index (χ1) is 10.0. The number of phenolic OH excluding ortho intramolecular Hbond substituents is 1. The molecule has 1 unspecified atom stereocenters. The van der Waals surface area contributed by atoms with E-state index in [0.29, 0.717) is 5.56 Å². The molecule has 0 aromatic heterocycles. The van der Waals surface area contributed by atoms with Gasteiger partial charge in [-0.2, -0.15) is 5.06 Å². The van der Waals surface area contributed by atoms with Crippen LogP contribution in [0.15, 0.2) is 59.6 Å². The number of hydrogen-bond acceptors (Lipinski definition) is 4. The van der Waals surface area contributed by atoms with E-state index in [4.69, 9.17) is 0 Å². The van der Waals surface area contributed by atoms with Crippen LogP contribution in [-0.2, 0) is 0 Å². The molecule has 21 heavy (non-hydrogen) atoms. The normalized spacial score (nSPS) is 21.3. The van der Waals surface area contributed by atoms with Gasteiger partial charge in [-0.3, -0.25) is 4.99 Å². The molecule has 0 radical (unpaired) electrons. The lowest BCUT2D eigenvalue weighted by Crippen LogP contribution is -2.44. The molecule has 0 saturated heterocycles. The highest BCUT2D eigenvalue weighted by atomic mass is 16.5. The number of phenols is 1. The lowest BCUT2D eigenvalue weighted by Gasteiger charge is -2.30. The van der Waals surface area contributed by atoms with Crippen molar-refractivity contribution in [2.24, 2.45) is 4.99 Å². The molecule has 1 heterocycles. The van der Waals surface area contributed by atoms with Crippen LogP contribution in [0.4, 0.5) is 0 Å². The number of nitrogens with zero attached hydrogens (tertiary/aromatic N) is 2. The summed E-state index contributed by atoms with van der Waals surface area (Å²) in [5, 5.41) is 21.7. The average Bonchev–Trinajstić information content (AvgIpc) is 2.72. The van der Waals surface area contributed by atoms with Crippen molar-refractivity contribution in [1.82, 2.24) is 5.06 Å². The van der Waals surface area contributed by atoms with E-state index in [0.717, 1.165) is 11.3 Å². The number of rotatable bonds is 2. The van der Waals surface area contributed by atoms with Crippen LogP contribution in [0.1, 0.15) is 31.1 Å². The lowest BCUT2D eigenvalue weighted by molar-refractivity contribution is -0.159. The van der Waals surface area contributed by atoms with E-state index >= 15 is 0 Å². The summed E-state index contributed by atoms with van der Waals surface area (Å²) in [6, 6.07) is 16.7. The summed E-state index contributed by atoms with van der Waals surface area (Å²) in [4.78, 5) is 4.66. The number of aliphatic imine (C=N–C) groups is 1. The van der Waals surface area contributed by atoms with Crippen molar-refractivity contribution in [3.63, 3.8) is 0 Å². The van der Waals surface area contributed by atoms with Gasteiger partial charge in [-0.15, -0.1) is 0 Å². The van der Waals surface area contributed by atoms with Gasteiger partial charge >= 0.3 is 0 Å². The lowest BCUT2D eigenvalue weighted by atomic mass is 9.93. The van der Waals surface area contributed by atoms with E-state index in [1.807, 2.05) is 50.2 Å². The fourth-order valence-corrected chi connectivity index (χ4v) is 2.68. The summed E-state index contributed by atoms with van der Waals surface area (Å²) in [5.41, 5.74) is 1.74. The number of aromatic hydroxyl groups is 1. The van der Waals surface area contributed by atoms with Gasteiger partial charge in [0.25, 0.3) is 0 Å². The highest BCUT2D eigenvalue weighted by molar-refractivity contribution is 6.08. The van der Waals surface area contributed by atoms with E-state index < -0.39 is 11.7 Å². The van der Waals surface area contributed by atoms with Crippen LogP contribution in [0.25, 0.3) is 0 Å². The van der Waals surface area contributed by atoms with Crippen LogP contribution in [0.3, 0.4) is 0 Å². The van der Waals surface area contributed by atoms with Crippen molar-refractivity contribution in [2.75, 3.05) is 0 Å². The first-order valence-electron chi connectivity index (χ1n) is 6.91. The third-order valence-electron chi connectivity index (χ3n) is 3.90. The average molecular weight is 282 g/mol. The summed E-state index contributed by atoms with van der Waals surface area (Å²) in [6.07, 6.45) is -0.601. The predicted octanol–water partition coefficient (Wildman–Crippen LogP) is 3.36. The Balaban J connectivity index is 2.09. The molecule has 0 spiro atoms. The van der Waals surface area contributed by atoms with Crippen LogP contribution < -0.4 is 0 Å². The van der Waals surface area contributed by atoms with Crippen molar-refractivity contribution in [2.45, 2.75) is 25.6 Å². The summed E-state index contributed by atoms with van der Waals surface area (Å²) in [7, 11) is 0. The van der Waals surface area contributed by atoms with Crippen LogP contribution in [0.2, 0.25) is 0 Å². The van der Waals surface area contributed by atoms with Crippen LogP contribution in [0.5, 0.6) is 5.75 Å². The number of para-hydroxylation sites is 1. The zero-order valence-corrected chi connectivity index (χ0v) is 12.1. The third-order valence-corrected chi connectivity index (χ3v) is 3.90. The summed E-state index contributed by atoms with van der Waals surface area (Å²) < 4.78 is 0. The number of hydroxylamine groups is 2. The van der Waals surface area contributed by atoms with Gasteiger partial charge in [-0.25, -0.2) is 0 Å². The predicted molar refractivity (Wildman–Crippen MR) is 81.5 cm³/mol. The van der Waals surface area contributed by atoms with Crippen molar-refractivity contribution in [3.05, 3.63) is 65.7 Å². The highest BCUT2D eigenvalue weighted by Crippen LogP contribution is 2.40. The maximum Gasteiger partial charge on any atom is 0.155 e. The summed E-state index contributed by atoms with van der Waals surface area (Å²) in [6.45, 7) is 3.83. The molecule has 4 heteroatoms. The maximum atomic E-state index is 10.5. The van der Waals surface area contributed by atoms with Gasteiger partial charge in [0.15, 0.2) is 6.17 Å². The Morgan fingerprint density at radius 1 is 1.00 bits per heavy atom. The Bertz CT molecular complexity index is 680. The molecular weight excluding hydrogens is 264 g/mol. The molecule has 2 aromatic rings. The Kier molecular flexibility index (Phi) is 3.27. The minimum absolute atomic E-state index is 0.135. The molecular formula is C17H18N2O2. The topological polar surface area (TPSA) is 56.1 Å². The SMILES string of the molecule is CC1(C)C(c2ccccc2)=NC(c2ccccc2O)N1O. The number of benzene rings is 2. The Hall–Kier alpha value is -2.17. The first kappa shape index (κ1) is 13.8. The van der Waals surface area contributed by atoms with Gasteiger partial charge in [-0.05, 0) is 25.5 Å². The molecule has 3 rings (SSSR count). The van der Waals surface area contributed by atoms with Crippen LogP contribution >= 0.6 is 0 Å². The van der Waals surface area contributed by atoms with Crippen molar-refractivity contribution in [3.8, 4) is 5.75 Å². The summed E-state index contributed by atoms with van der Waals surface area (Å²) >= 11 is 0. The van der Waals surface area contributed by atoms with Gasteiger partial charge in [0.1, 0.15) is 5.75 Å². The zero-order chi connectivity index (χ0) is 15.0. The molecule has 108 valence electrons. The van der Waals surface area contributed by atoms with E-state index in [1.54, 1.807) is 18.2 Å². The van der Waals surface area contributed by atoms with Crippen molar-refractivity contribution >= 4 is 5.71 Å². The summed E-state index contributed by atoms with van der Waals surface area (Å²) in [5.74, 6) is 0.135. The molecule has 1 aliphatic heterocycles. The van der Waals surface area contributed by atoms with Crippen molar-refractivity contribution in [1.29, 1.82) is 0 Å². The van der Waals surface area contributed by atoms with E-state index in [9.17, 15) is 10.3 Å². The second-order valence-electron chi connectivity index (χ2n) is 5.68. The van der Waals surface area contributed by atoms with Gasteiger partial charge < -0.3 is 10.3 Å². The van der Waals surface area contributed by atoms with Gasteiger partial charge in [0.05, 0.1) is 11.3 Å². The smallest absolute Gasteiger partial charge is 0.155 e. The Labute approximate surface area is 124 Å². The zero-order valence-electron chi connectivity index (χ0n) is 12.1. The van der Waals surface area contributed by atoms with Gasteiger partial charge in [0.2, 0.25) is 0 Å². The first-order valence-corrected chi connectivity index (χ1v) is 6.91. The van der Waals surface area contributed by atoms with E-state index in [1.165, 1.54) is 5.06 Å². The molecule has 1 aliphatic rings. The fraction of sp³-hybridized carbons (Fsp3) is 0.235. The third kappa shape index (κ3) is 2.22. The molecule has 2 aromatic carbocycles. The molecule has 4 nitrogen and oxygen atoms in total. The van der Waals surface area contributed by atoms with Crippen LogP contribution in [-0.4, -0.2) is 26.6 Å². The van der Waals surface area contributed by atoms with Crippen LogP contribution in [0, 0.1) is 0 Å². The quantitative estimate of drug-likeness (QED) is 0.888. The molecule has 1 atom stereocenters. The maximum absolute atomic E-state index is 10.5. The molecule has 0 amide bonds. The molecule has 0 saturated carbocycles. The largest absolute Gasteiger partial charge is 0.508 e. The molecule has 0 aliphatic carbocycles. The van der Waals surface area contributed by atoms with E-state index in [-0.39, 0.29) is 5.75 Å². The van der Waals surface area contributed by atoms with Crippen molar-refractivity contribution < 1.29 is 10.3 Å². The molecule has 2 N–H and O–H groups in total. The van der Waals surface area contributed by atoms with Gasteiger partial charge in [0, 0.05) is 5.56 Å². The number of hydrogen-bond donors (Lipinski definition) is 2. The van der Waals surface area contributed by atoms with Gasteiger partial charge in [-0.1, -0.05) is 48.5 Å². The second kappa shape index (κ2) is 4.98. The second-order valence-corrected chi connectivity index (χ2v) is 5.68.